The second kappa shape index (κ2) is 10.6. The molecule has 10 nitrogen and oxygen atoms in total. The molecule has 2 aromatic heterocycles. The van der Waals surface area contributed by atoms with Crippen LogP contribution >= 0.6 is 0 Å². The summed E-state index contributed by atoms with van der Waals surface area (Å²) in [6.07, 6.45) is 3.73. The van der Waals surface area contributed by atoms with E-state index in [4.69, 9.17) is 18.9 Å². The molecule has 2 aromatic rings. The molecule has 0 saturated carbocycles. The van der Waals surface area contributed by atoms with E-state index in [9.17, 15) is 26.4 Å². The summed E-state index contributed by atoms with van der Waals surface area (Å²) >= 11 is 0. The van der Waals surface area contributed by atoms with Gasteiger partial charge in [-0.05, 0) is 24.0 Å². The van der Waals surface area contributed by atoms with Gasteiger partial charge in [-0.3, -0.25) is 4.79 Å². The number of nitrogens with one attached hydrogen (secondary N) is 1. The molecule has 0 bridgehead atoms. The SMILES string of the molecule is C.O=S(=O)(Oc1ccc2c(n1)CCC1(C2)OCCO1)C(F)(F)F.O=c1ccc2c([nH]1)CCC1(C2)OCCO1. The van der Waals surface area contributed by atoms with Crippen LogP contribution in [0.2, 0.25) is 0 Å². The lowest BCUT2D eigenvalue weighted by molar-refractivity contribution is -0.164. The molecular formula is C24H29F3N2O8S. The van der Waals surface area contributed by atoms with Gasteiger partial charge in [0.2, 0.25) is 11.4 Å². The number of alkyl halides is 3. The highest BCUT2D eigenvalue weighted by Crippen LogP contribution is 2.36. The van der Waals surface area contributed by atoms with E-state index in [-0.39, 0.29) is 13.0 Å². The van der Waals surface area contributed by atoms with Crippen molar-refractivity contribution in [2.24, 2.45) is 0 Å². The summed E-state index contributed by atoms with van der Waals surface area (Å²) in [6.45, 7) is 2.35. The molecule has 2 aliphatic heterocycles. The fourth-order valence-corrected chi connectivity index (χ4v) is 5.31. The number of halogens is 3. The van der Waals surface area contributed by atoms with Crippen molar-refractivity contribution < 1.29 is 44.7 Å². The number of aromatic nitrogens is 2. The van der Waals surface area contributed by atoms with Crippen LogP contribution in [0.3, 0.4) is 0 Å². The Morgan fingerprint density at radius 1 is 0.868 bits per heavy atom. The number of H-pyrrole nitrogens is 1. The molecule has 4 aliphatic rings. The molecule has 38 heavy (non-hydrogen) atoms. The third-order valence-corrected chi connectivity index (χ3v) is 7.62. The van der Waals surface area contributed by atoms with Crippen molar-refractivity contribution in [2.45, 2.75) is 63.0 Å². The van der Waals surface area contributed by atoms with Gasteiger partial charge in [-0.2, -0.15) is 21.6 Å². The van der Waals surface area contributed by atoms with Gasteiger partial charge in [0.25, 0.3) is 0 Å². The topological polar surface area (TPSA) is 126 Å². The highest BCUT2D eigenvalue weighted by Gasteiger charge is 2.49. The number of pyridine rings is 2. The van der Waals surface area contributed by atoms with E-state index in [1.54, 1.807) is 6.07 Å². The van der Waals surface area contributed by atoms with Crippen LogP contribution in [0.25, 0.3) is 0 Å². The molecule has 0 atom stereocenters. The number of fused-ring (bicyclic) bond motifs is 2. The van der Waals surface area contributed by atoms with Gasteiger partial charge in [0.05, 0.1) is 26.4 Å². The minimum absolute atomic E-state index is 0. The molecule has 2 spiro atoms. The second-order valence-corrected chi connectivity index (χ2v) is 10.7. The molecule has 14 heteroatoms. The Hall–Kier alpha value is -2.52. The normalized spacial score (nSPS) is 21.1. The van der Waals surface area contributed by atoms with Crippen molar-refractivity contribution in [3.63, 3.8) is 0 Å². The number of aromatic amines is 1. The number of hydrogen-bond acceptors (Lipinski definition) is 9. The molecule has 0 radical (unpaired) electrons. The van der Waals surface area contributed by atoms with E-state index >= 15 is 0 Å². The van der Waals surface area contributed by atoms with Crippen molar-refractivity contribution in [1.29, 1.82) is 0 Å². The maximum atomic E-state index is 12.3. The lowest BCUT2D eigenvalue weighted by atomic mass is 9.91. The van der Waals surface area contributed by atoms with Crippen LogP contribution in [0.5, 0.6) is 5.88 Å². The molecule has 0 amide bonds. The first-order chi connectivity index (χ1) is 17.5. The first-order valence-electron chi connectivity index (χ1n) is 11.7. The molecule has 2 aliphatic carbocycles. The van der Waals surface area contributed by atoms with Crippen LogP contribution in [0.15, 0.2) is 29.1 Å². The highest BCUT2D eigenvalue weighted by molar-refractivity contribution is 7.87. The minimum atomic E-state index is -5.71. The van der Waals surface area contributed by atoms with Crippen molar-refractivity contribution in [3.8, 4) is 5.88 Å². The van der Waals surface area contributed by atoms with Crippen molar-refractivity contribution in [3.05, 3.63) is 57.1 Å². The van der Waals surface area contributed by atoms with E-state index in [2.05, 4.69) is 14.2 Å². The van der Waals surface area contributed by atoms with Crippen molar-refractivity contribution in [2.75, 3.05) is 26.4 Å². The average molecular weight is 563 g/mol. The first kappa shape index (κ1) is 28.5. The lowest BCUT2D eigenvalue weighted by Gasteiger charge is -2.32. The van der Waals surface area contributed by atoms with Gasteiger partial charge in [-0.25, -0.2) is 4.98 Å². The Morgan fingerprint density at radius 3 is 2.03 bits per heavy atom. The molecule has 1 N–H and O–H groups in total. The summed E-state index contributed by atoms with van der Waals surface area (Å²) < 4.78 is 85.3. The van der Waals surface area contributed by atoms with Gasteiger partial charge in [0, 0.05) is 49.2 Å². The molecular weight excluding hydrogens is 533 g/mol. The summed E-state index contributed by atoms with van der Waals surface area (Å²) in [6, 6.07) is 6.01. The maximum Gasteiger partial charge on any atom is 0.534 e. The van der Waals surface area contributed by atoms with Gasteiger partial charge in [0.15, 0.2) is 11.6 Å². The van der Waals surface area contributed by atoms with Crippen LogP contribution < -0.4 is 9.74 Å². The first-order valence-corrected chi connectivity index (χ1v) is 13.2. The minimum Gasteiger partial charge on any atom is -0.355 e. The Bertz CT molecular complexity index is 1320. The largest absolute Gasteiger partial charge is 0.534 e. The molecule has 6 rings (SSSR count). The Kier molecular flexibility index (Phi) is 7.92. The van der Waals surface area contributed by atoms with Gasteiger partial charge in [0.1, 0.15) is 0 Å². The summed E-state index contributed by atoms with van der Waals surface area (Å²) in [5, 5.41) is 0. The Morgan fingerprint density at radius 2 is 1.42 bits per heavy atom. The summed E-state index contributed by atoms with van der Waals surface area (Å²) in [5.74, 6) is -1.71. The van der Waals surface area contributed by atoms with Gasteiger partial charge in [-0.15, -0.1) is 0 Å². The molecule has 0 aromatic carbocycles. The quantitative estimate of drug-likeness (QED) is 0.434. The smallest absolute Gasteiger partial charge is 0.355 e. The number of ether oxygens (including phenoxy) is 4. The molecule has 210 valence electrons. The fraction of sp³-hybridized carbons (Fsp3) is 0.583. The molecule has 0 unspecified atom stereocenters. The third-order valence-electron chi connectivity index (χ3n) is 6.66. The van der Waals surface area contributed by atoms with Crippen LogP contribution in [0, 0.1) is 0 Å². The van der Waals surface area contributed by atoms with E-state index in [1.165, 1.54) is 6.07 Å². The zero-order valence-corrected chi connectivity index (χ0v) is 20.5. The van der Waals surface area contributed by atoms with E-state index in [1.807, 2.05) is 6.07 Å². The average Bonchev–Trinajstić information content (AvgIpc) is 3.49. The van der Waals surface area contributed by atoms with E-state index < -0.39 is 33.1 Å². The zero-order valence-electron chi connectivity index (χ0n) is 19.6. The van der Waals surface area contributed by atoms with Gasteiger partial charge >= 0.3 is 15.6 Å². The third kappa shape index (κ3) is 5.88. The van der Waals surface area contributed by atoms with Gasteiger partial charge in [-0.1, -0.05) is 19.6 Å². The van der Waals surface area contributed by atoms with E-state index in [0.717, 1.165) is 42.1 Å². The van der Waals surface area contributed by atoms with Crippen molar-refractivity contribution in [1.82, 2.24) is 9.97 Å². The Labute approximate surface area is 217 Å². The summed E-state index contributed by atoms with van der Waals surface area (Å²) in [7, 11) is -5.71. The zero-order chi connectivity index (χ0) is 26.3. The predicted octanol–water partition coefficient (Wildman–Crippen LogP) is 2.78. The molecule has 2 saturated heterocycles. The number of aryl methyl sites for hydroxylation is 2. The standard InChI is InChI=1S/C12H12F3NO5S.C11H13NO3.CH4/c13-12(14,15)22(17,18)21-10-2-1-8-7-11(19-5-6-20-11)4-3-9(8)16-10;13-10-2-1-8-7-11(14-5-6-15-11)4-3-9(8)12-10;/h1-2H,3-7H2;1-2H,3-7H2,(H,12,13);1H4. The van der Waals surface area contributed by atoms with Crippen LogP contribution in [0.4, 0.5) is 13.2 Å². The lowest BCUT2D eigenvalue weighted by Crippen LogP contribution is -2.37. The monoisotopic (exact) mass is 562 g/mol. The number of hydrogen-bond donors (Lipinski definition) is 1. The van der Waals surface area contributed by atoms with Crippen LogP contribution in [-0.4, -0.2) is 61.9 Å². The van der Waals surface area contributed by atoms with Crippen LogP contribution in [0.1, 0.15) is 42.8 Å². The maximum absolute atomic E-state index is 12.3. The molecule has 2 fully saturated rings. The second-order valence-electron chi connectivity index (χ2n) is 9.13. The van der Waals surface area contributed by atoms with Crippen molar-refractivity contribution >= 4 is 10.1 Å². The highest BCUT2D eigenvalue weighted by atomic mass is 32.2. The Balaban J connectivity index is 0.000000184. The van der Waals surface area contributed by atoms with E-state index in [0.29, 0.717) is 51.4 Å². The molecule has 4 heterocycles. The van der Waals surface area contributed by atoms with Crippen LogP contribution in [-0.2, 0) is 54.7 Å². The number of rotatable bonds is 2. The predicted molar refractivity (Wildman–Crippen MR) is 127 cm³/mol. The van der Waals surface area contributed by atoms with Gasteiger partial charge < -0.3 is 28.1 Å². The summed E-state index contributed by atoms with van der Waals surface area (Å²) in [4.78, 5) is 17.9. The number of nitrogens with zero attached hydrogens (tertiary/aromatic N) is 1. The summed E-state index contributed by atoms with van der Waals surface area (Å²) in [5.41, 5.74) is -2.11. The fourth-order valence-electron chi connectivity index (χ4n) is 4.90.